The van der Waals surface area contributed by atoms with Gasteiger partial charge < -0.3 is 14.4 Å². The van der Waals surface area contributed by atoms with Gasteiger partial charge in [0.15, 0.2) is 0 Å². The number of imidazole rings is 1. The molecule has 2 amide bonds. The van der Waals surface area contributed by atoms with Crippen LogP contribution in [-0.2, 0) is 16.2 Å². The number of imide groups is 1. The Morgan fingerprint density at radius 2 is 1.89 bits per heavy atom. The van der Waals surface area contributed by atoms with E-state index in [-0.39, 0.29) is 24.8 Å². The Balaban J connectivity index is 1.67. The summed E-state index contributed by atoms with van der Waals surface area (Å²) < 4.78 is 7.23. The number of carbonyl (C=O) groups excluding carboxylic acids is 2. The van der Waals surface area contributed by atoms with Crippen LogP contribution >= 0.6 is 0 Å². The molecular weight excluding hydrogens is 358 g/mol. The van der Waals surface area contributed by atoms with Crippen LogP contribution in [0.1, 0.15) is 31.6 Å². The maximum absolute atomic E-state index is 13.1. The van der Waals surface area contributed by atoms with E-state index in [9.17, 15) is 14.7 Å². The number of benzene rings is 2. The fourth-order valence-electron chi connectivity index (χ4n) is 3.55. The lowest BCUT2D eigenvalue weighted by molar-refractivity contribution is -0.122. The largest absolute Gasteiger partial charge is 0.494 e. The molecule has 1 atom stereocenters. The lowest BCUT2D eigenvalue weighted by Gasteiger charge is -2.17. The number of para-hydroxylation sites is 2. The summed E-state index contributed by atoms with van der Waals surface area (Å²) in [6.45, 7) is 2.33. The minimum absolute atomic E-state index is 0.0280. The summed E-state index contributed by atoms with van der Waals surface area (Å²) in [4.78, 5) is 31.4. The van der Waals surface area contributed by atoms with Crippen molar-refractivity contribution >= 4 is 28.5 Å². The second kappa shape index (κ2) is 7.44. The van der Waals surface area contributed by atoms with Crippen LogP contribution in [0, 0.1) is 0 Å². The Labute approximate surface area is 162 Å². The van der Waals surface area contributed by atoms with Crippen molar-refractivity contribution < 1.29 is 19.4 Å². The van der Waals surface area contributed by atoms with Gasteiger partial charge in [-0.1, -0.05) is 19.1 Å². The van der Waals surface area contributed by atoms with Gasteiger partial charge in [0, 0.05) is 0 Å². The van der Waals surface area contributed by atoms with Crippen molar-refractivity contribution in [1.82, 2.24) is 9.55 Å². The predicted octanol–water partition coefficient (Wildman–Crippen LogP) is 2.82. The number of nitrogens with zero attached hydrogens (tertiary/aromatic N) is 3. The average Bonchev–Trinajstić information content (AvgIpc) is 3.23. The molecule has 1 N–H and O–H groups in total. The summed E-state index contributed by atoms with van der Waals surface area (Å²) in [5.41, 5.74) is 1.92. The number of carbonyl (C=O) groups is 2. The van der Waals surface area contributed by atoms with E-state index < -0.39 is 6.04 Å². The van der Waals surface area contributed by atoms with E-state index in [1.165, 1.54) is 4.90 Å². The van der Waals surface area contributed by atoms with E-state index in [1.807, 2.05) is 31.2 Å². The summed E-state index contributed by atoms with van der Waals surface area (Å²) >= 11 is 0. The van der Waals surface area contributed by atoms with Crippen LogP contribution in [0.25, 0.3) is 11.0 Å². The number of amides is 2. The molecule has 1 aliphatic heterocycles. The second-order valence-electron chi connectivity index (χ2n) is 6.67. The standard InChI is InChI=1S/C21H21N3O4/c1-2-11-28-15-9-7-14(8-10-15)23-20(26)12-18(21(23)27)24-17-6-4-3-5-16(17)22-19(24)13-25/h3-10,18,25H,2,11-13H2,1H3/t18-/m1/s1. The zero-order chi connectivity index (χ0) is 19.7. The third kappa shape index (κ3) is 3.03. The van der Waals surface area contributed by atoms with Crippen LogP contribution in [-0.4, -0.2) is 33.1 Å². The number of hydrogen-bond acceptors (Lipinski definition) is 5. The van der Waals surface area contributed by atoms with Crippen LogP contribution in [0.4, 0.5) is 5.69 Å². The van der Waals surface area contributed by atoms with Crippen LogP contribution in [0.15, 0.2) is 48.5 Å². The molecule has 0 aliphatic carbocycles. The maximum Gasteiger partial charge on any atom is 0.257 e. The molecule has 1 saturated heterocycles. The first kappa shape index (κ1) is 18.2. The Morgan fingerprint density at radius 1 is 1.14 bits per heavy atom. The third-order valence-corrected chi connectivity index (χ3v) is 4.81. The molecule has 3 aromatic rings. The molecule has 4 rings (SSSR count). The normalized spacial score (nSPS) is 16.9. The fraction of sp³-hybridized carbons (Fsp3) is 0.286. The van der Waals surface area contributed by atoms with Crippen molar-refractivity contribution in [3.63, 3.8) is 0 Å². The van der Waals surface area contributed by atoms with Crippen molar-refractivity contribution in [2.75, 3.05) is 11.5 Å². The van der Waals surface area contributed by atoms with Crippen molar-refractivity contribution in [2.45, 2.75) is 32.4 Å². The van der Waals surface area contributed by atoms with Crippen LogP contribution in [0.2, 0.25) is 0 Å². The average molecular weight is 379 g/mol. The van der Waals surface area contributed by atoms with E-state index in [4.69, 9.17) is 4.74 Å². The first-order chi connectivity index (χ1) is 13.6. The van der Waals surface area contributed by atoms with Crippen molar-refractivity contribution in [3.8, 4) is 5.75 Å². The molecule has 0 saturated carbocycles. The number of ether oxygens (including phenoxy) is 1. The molecule has 1 fully saturated rings. The summed E-state index contributed by atoms with van der Waals surface area (Å²) in [5, 5.41) is 9.71. The van der Waals surface area contributed by atoms with Gasteiger partial charge in [-0.2, -0.15) is 0 Å². The summed E-state index contributed by atoms with van der Waals surface area (Å²) in [6, 6.07) is 13.5. The van der Waals surface area contributed by atoms with Gasteiger partial charge >= 0.3 is 0 Å². The predicted molar refractivity (Wildman–Crippen MR) is 104 cm³/mol. The van der Waals surface area contributed by atoms with Crippen molar-refractivity contribution in [2.24, 2.45) is 0 Å². The molecule has 0 spiro atoms. The van der Waals surface area contributed by atoms with E-state index in [0.717, 1.165) is 11.9 Å². The summed E-state index contributed by atoms with van der Waals surface area (Å²) in [5.74, 6) is 0.464. The van der Waals surface area contributed by atoms with E-state index in [1.54, 1.807) is 28.8 Å². The summed E-state index contributed by atoms with van der Waals surface area (Å²) in [6.07, 6.45) is 0.929. The minimum Gasteiger partial charge on any atom is -0.494 e. The molecule has 7 nitrogen and oxygen atoms in total. The highest BCUT2D eigenvalue weighted by Crippen LogP contribution is 2.33. The molecular formula is C21H21N3O4. The smallest absolute Gasteiger partial charge is 0.257 e. The number of fused-ring (bicyclic) bond motifs is 1. The second-order valence-corrected chi connectivity index (χ2v) is 6.67. The number of aliphatic hydroxyl groups is 1. The Hall–Kier alpha value is -3.19. The highest BCUT2D eigenvalue weighted by atomic mass is 16.5. The van der Waals surface area contributed by atoms with Crippen LogP contribution in [0.5, 0.6) is 5.75 Å². The SMILES string of the molecule is CCCOc1ccc(N2C(=O)C[C@@H](n3c(CO)nc4ccccc43)C2=O)cc1. The number of aromatic nitrogens is 2. The topological polar surface area (TPSA) is 84.7 Å². The lowest BCUT2D eigenvalue weighted by Crippen LogP contribution is -2.31. The molecule has 2 aromatic carbocycles. The number of hydrogen-bond donors (Lipinski definition) is 1. The number of rotatable bonds is 6. The molecule has 0 bridgehead atoms. The molecule has 1 aromatic heterocycles. The molecule has 1 aliphatic rings. The monoisotopic (exact) mass is 379 g/mol. The highest BCUT2D eigenvalue weighted by Gasteiger charge is 2.42. The van der Waals surface area contributed by atoms with Gasteiger partial charge in [-0.25, -0.2) is 9.88 Å². The number of anilines is 1. The van der Waals surface area contributed by atoms with Crippen molar-refractivity contribution in [3.05, 3.63) is 54.4 Å². The van der Waals surface area contributed by atoms with E-state index >= 15 is 0 Å². The zero-order valence-corrected chi connectivity index (χ0v) is 15.5. The number of aliphatic hydroxyl groups excluding tert-OH is 1. The third-order valence-electron chi connectivity index (χ3n) is 4.81. The molecule has 0 unspecified atom stereocenters. The van der Waals surface area contributed by atoms with Gasteiger partial charge in [0.2, 0.25) is 5.91 Å². The van der Waals surface area contributed by atoms with Crippen LogP contribution < -0.4 is 9.64 Å². The Morgan fingerprint density at radius 3 is 2.61 bits per heavy atom. The van der Waals surface area contributed by atoms with Crippen molar-refractivity contribution in [1.29, 1.82) is 0 Å². The quantitative estimate of drug-likeness (QED) is 0.666. The minimum atomic E-state index is -0.724. The molecule has 2 heterocycles. The Kier molecular flexibility index (Phi) is 4.83. The fourth-order valence-corrected chi connectivity index (χ4v) is 3.55. The van der Waals surface area contributed by atoms with E-state index in [2.05, 4.69) is 4.98 Å². The Bertz CT molecular complexity index is 1030. The zero-order valence-electron chi connectivity index (χ0n) is 15.5. The van der Waals surface area contributed by atoms with Gasteiger partial charge in [0.25, 0.3) is 5.91 Å². The molecule has 28 heavy (non-hydrogen) atoms. The maximum atomic E-state index is 13.1. The molecule has 7 heteroatoms. The van der Waals surface area contributed by atoms with Gasteiger partial charge in [-0.15, -0.1) is 0 Å². The van der Waals surface area contributed by atoms with Crippen LogP contribution in [0.3, 0.4) is 0 Å². The first-order valence-electron chi connectivity index (χ1n) is 9.30. The lowest BCUT2D eigenvalue weighted by atomic mass is 10.2. The molecule has 144 valence electrons. The van der Waals surface area contributed by atoms with Gasteiger partial charge in [-0.3, -0.25) is 9.59 Å². The summed E-state index contributed by atoms with van der Waals surface area (Å²) in [7, 11) is 0. The molecule has 0 radical (unpaired) electrons. The van der Waals surface area contributed by atoms with Gasteiger partial charge in [0.05, 0.1) is 29.7 Å². The highest BCUT2D eigenvalue weighted by molar-refractivity contribution is 6.22. The first-order valence-corrected chi connectivity index (χ1v) is 9.30. The van der Waals surface area contributed by atoms with Gasteiger partial charge in [0.1, 0.15) is 24.2 Å². The van der Waals surface area contributed by atoms with Gasteiger partial charge in [-0.05, 0) is 42.8 Å². The van der Waals surface area contributed by atoms with E-state index in [0.29, 0.717) is 29.4 Å².